The highest BCUT2D eigenvalue weighted by Crippen LogP contribution is 2.37. The molecule has 1 aliphatic heterocycles. The molecule has 0 spiro atoms. The highest BCUT2D eigenvalue weighted by Gasteiger charge is 2.42. The number of carbonyl (C=O) groups is 2. The fourth-order valence-corrected chi connectivity index (χ4v) is 3.19. The van der Waals surface area contributed by atoms with Gasteiger partial charge in [0.1, 0.15) is 0 Å². The predicted octanol–water partition coefficient (Wildman–Crippen LogP) is 0.423. The van der Waals surface area contributed by atoms with Gasteiger partial charge in [-0.25, -0.2) is 4.79 Å². The zero-order valence-corrected chi connectivity index (χ0v) is 12.4. The number of urea groups is 1. The first-order valence-electron chi connectivity index (χ1n) is 7.49. The van der Waals surface area contributed by atoms with Crippen molar-refractivity contribution < 1.29 is 24.5 Å². The molecule has 2 unspecified atom stereocenters. The number of ether oxygens (including phenoxy) is 1. The molecule has 2 fully saturated rings. The molecule has 21 heavy (non-hydrogen) atoms. The summed E-state index contributed by atoms with van der Waals surface area (Å²) in [6, 6.07) is -0.281. The van der Waals surface area contributed by atoms with Gasteiger partial charge >= 0.3 is 12.0 Å². The molecule has 120 valence electrons. The summed E-state index contributed by atoms with van der Waals surface area (Å²) in [6.07, 6.45) is 2.50. The molecule has 7 nitrogen and oxygen atoms in total. The second-order valence-corrected chi connectivity index (χ2v) is 6.11. The van der Waals surface area contributed by atoms with E-state index in [0.717, 1.165) is 12.8 Å². The minimum absolute atomic E-state index is 0.132. The van der Waals surface area contributed by atoms with Gasteiger partial charge in [0.05, 0.1) is 30.8 Å². The number of rotatable bonds is 4. The van der Waals surface area contributed by atoms with Crippen molar-refractivity contribution in [2.45, 2.75) is 44.8 Å². The van der Waals surface area contributed by atoms with E-state index in [1.807, 2.05) is 6.92 Å². The van der Waals surface area contributed by atoms with Crippen LogP contribution in [-0.4, -0.2) is 65.6 Å². The number of carbonyl (C=O) groups excluding carboxylic acids is 1. The topological polar surface area (TPSA) is 99.1 Å². The normalized spacial score (nSPS) is 28.4. The molecular formula is C14H24N2O5. The number of aliphatic carboxylic acids is 1. The largest absolute Gasteiger partial charge is 0.481 e. The zero-order valence-electron chi connectivity index (χ0n) is 12.4. The Bertz CT molecular complexity index is 395. The molecule has 0 aromatic rings. The average molecular weight is 300 g/mol. The van der Waals surface area contributed by atoms with Gasteiger partial charge < -0.3 is 25.2 Å². The lowest BCUT2D eigenvalue weighted by Crippen LogP contribution is -2.54. The van der Waals surface area contributed by atoms with Crippen molar-refractivity contribution in [3.8, 4) is 0 Å². The quantitative estimate of drug-likeness (QED) is 0.699. The minimum Gasteiger partial charge on any atom is -0.481 e. The number of hydrogen-bond donors (Lipinski definition) is 3. The number of aliphatic hydroxyl groups excluding tert-OH is 1. The Morgan fingerprint density at radius 1 is 1.33 bits per heavy atom. The van der Waals surface area contributed by atoms with Crippen LogP contribution < -0.4 is 5.32 Å². The van der Waals surface area contributed by atoms with Crippen LogP contribution in [0.25, 0.3) is 0 Å². The Kier molecular flexibility index (Phi) is 5.05. The van der Waals surface area contributed by atoms with Gasteiger partial charge in [-0.2, -0.15) is 0 Å². The van der Waals surface area contributed by atoms with Crippen LogP contribution in [0.1, 0.15) is 32.6 Å². The van der Waals surface area contributed by atoms with E-state index in [4.69, 9.17) is 9.84 Å². The third kappa shape index (κ3) is 3.65. The summed E-state index contributed by atoms with van der Waals surface area (Å²) in [5.74, 6) is -0.830. The van der Waals surface area contributed by atoms with Gasteiger partial charge in [0.2, 0.25) is 0 Å². The van der Waals surface area contributed by atoms with Gasteiger partial charge in [0, 0.05) is 13.1 Å². The average Bonchev–Trinajstić information content (AvgIpc) is 2.94. The predicted molar refractivity (Wildman–Crippen MR) is 74.9 cm³/mol. The van der Waals surface area contributed by atoms with Crippen molar-refractivity contribution in [3.63, 3.8) is 0 Å². The maximum Gasteiger partial charge on any atom is 0.317 e. The van der Waals surface area contributed by atoms with Crippen molar-refractivity contribution in [1.82, 2.24) is 10.2 Å². The summed E-state index contributed by atoms with van der Waals surface area (Å²) >= 11 is 0. The van der Waals surface area contributed by atoms with Crippen LogP contribution in [0, 0.1) is 5.41 Å². The maximum atomic E-state index is 12.2. The number of carboxylic acids is 1. The Morgan fingerprint density at radius 3 is 2.57 bits per heavy atom. The van der Waals surface area contributed by atoms with Crippen molar-refractivity contribution in [2.24, 2.45) is 5.41 Å². The SMILES string of the molecule is CC1CN(C(=O)NCC2(C(=O)O)CCCC2)CC(CO)O1. The van der Waals surface area contributed by atoms with E-state index in [1.165, 1.54) is 0 Å². The van der Waals surface area contributed by atoms with Crippen molar-refractivity contribution in [2.75, 3.05) is 26.2 Å². The van der Waals surface area contributed by atoms with E-state index in [2.05, 4.69) is 5.32 Å². The number of aliphatic hydroxyl groups is 1. The van der Waals surface area contributed by atoms with Crippen LogP contribution >= 0.6 is 0 Å². The summed E-state index contributed by atoms with van der Waals surface area (Å²) in [6.45, 7) is 2.65. The lowest BCUT2D eigenvalue weighted by molar-refractivity contribution is -0.148. The molecule has 0 aromatic heterocycles. The molecule has 1 saturated carbocycles. The number of nitrogens with zero attached hydrogens (tertiary/aromatic N) is 1. The van der Waals surface area contributed by atoms with Crippen LogP contribution in [0.3, 0.4) is 0 Å². The Hall–Kier alpha value is -1.34. The van der Waals surface area contributed by atoms with Gasteiger partial charge in [-0.1, -0.05) is 12.8 Å². The number of morpholine rings is 1. The molecule has 2 aliphatic rings. The van der Waals surface area contributed by atoms with Gasteiger partial charge in [-0.05, 0) is 19.8 Å². The van der Waals surface area contributed by atoms with Gasteiger partial charge in [0.25, 0.3) is 0 Å². The smallest absolute Gasteiger partial charge is 0.317 e. The highest BCUT2D eigenvalue weighted by molar-refractivity contribution is 5.78. The van der Waals surface area contributed by atoms with Crippen LogP contribution in [0.2, 0.25) is 0 Å². The first-order chi connectivity index (χ1) is 9.97. The molecule has 0 bridgehead atoms. The van der Waals surface area contributed by atoms with Crippen LogP contribution in [0.4, 0.5) is 4.79 Å². The maximum absolute atomic E-state index is 12.2. The molecule has 1 heterocycles. The number of hydrogen-bond acceptors (Lipinski definition) is 4. The molecule has 1 saturated heterocycles. The fourth-order valence-electron chi connectivity index (χ4n) is 3.19. The molecule has 2 amide bonds. The van der Waals surface area contributed by atoms with Gasteiger partial charge in [-0.15, -0.1) is 0 Å². The first kappa shape index (κ1) is 16.0. The lowest BCUT2D eigenvalue weighted by atomic mass is 9.86. The van der Waals surface area contributed by atoms with Crippen molar-refractivity contribution in [1.29, 1.82) is 0 Å². The summed E-state index contributed by atoms with van der Waals surface area (Å²) < 4.78 is 5.49. The van der Waals surface area contributed by atoms with Gasteiger partial charge in [-0.3, -0.25) is 4.79 Å². The molecule has 0 radical (unpaired) electrons. The number of amides is 2. The monoisotopic (exact) mass is 300 g/mol. The third-order valence-electron chi connectivity index (χ3n) is 4.41. The first-order valence-corrected chi connectivity index (χ1v) is 7.49. The fraction of sp³-hybridized carbons (Fsp3) is 0.857. The second-order valence-electron chi connectivity index (χ2n) is 6.11. The Morgan fingerprint density at radius 2 is 2.00 bits per heavy atom. The van der Waals surface area contributed by atoms with Crippen LogP contribution in [0.15, 0.2) is 0 Å². The summed E-state index contributed by atoms with van der Waals surface area (Å²) in [7, 11) is 0. The molecule has 2 atom stereocenters. The van der Waals surface area contributed by atoms with E-state index in [-0.39, 0.29) is 31.4 Å². The van der Waals surface area contributed by atoms with E-state index >= 15 is 0 Å². The molecule has 3 N–H and O–H groups in total. The number of carboxylic acid groups (broad SMARTS) is 1. The highest BCUT2D eigenvalue weighted by atomic mass is 16.5. The van der Waals surface area contributed by atoms with Crippen LogP contribution in [0.5, 0.6) is 0 Å². The van der Waals surface area contributed by atoms with Gasteiger partial charge in [0.15, 0.2) is 0 Å². The molecule has 7 heteroatoms. The molecule has 0 aromatic carbocycles. The summed E-state index contributed by atoms with van der Waals surface area (Å²) in [4.78, 5) is 25.2. The minimum atomic E-state index is -0.830. The third-order valence-corrected chi connectivity index (χ3v) is 4.41. The van der Waals surface area contributed by atoms with E-state index in [9.17, 15) is 14.7 Å². The Labute approximate surface area is 124 Å². The summed E-state index contributed by atoms with van der Waals surface area (Å²) in [5, 5.41) is 21.3. The van der Waals surface area contributed by atoms with E-state index in [0.29, 0.717) is 25.9 Å². The Balaban J connectivity index is 1.90. The van der Waals surface area contributed by atoms with Crippen LogP contribution in [-0.2, 0) is 9.53 Å². The summed E-state index contributed by atoms with van der Waals surface area (Å²) in [5.41, 5.74) is -0.816. The van der Waals surface area contributed by atoms with E-state index in [1.54, 1.807) is 4.90 Å². The standard InChI is InChI=1S/C14H24N2O5/c1-10-6-16(7-11(8-17)21-10)13(20)15-9-14(12(18)19)4-2-3-5-14/h10-11,17H,2-9H2,1H3,(H,15,20)(H,18,19). The van der Waals surface area contributed by atoms with Crippen molar-refractivity contribution in [3.05, 3.63) is 0 Å². The number of nitrogens with one attached hydrogen (secondary N) is 1. The van der Waals surface area contributed by atoms with Crippen molar-refractivity contribution >= 4 is 12.0 Å². The van der Waals surface area contributed by atoms with E-state index < -0.39 is 11.4 Å². The molecular weight excluding hydrogens is 276 g/mol. The molecule has 1 aliphatic carbocycles. The zero-order chi connectivity index (χ0) is 15.5. The molecule has 2 rings (SSSR count). The lowest BCUT2D eigenvalue weighted by Gasteiger charge is -2.36. The second kappa shape index (κ2) is 6.62.